The molecule has 0 aromatic carbocycles. The van der Waals surface area contributed by atoms with Gasteiger partial charge in [0.2, 0.25) is 0 Å². The number of hydrogen-bond acceptors (Lipinski definition) is 3. The summed E-state index contributed by atoms with van der Waals surface area (Å²) in [7, 11) is 0. The van der Waals surface area contributed by atoms with Crippen molar-refractivity contribution in [2.45, 2.75) is 58.2 Å². The second-order valence-corrected chi connectivity index (χ2v) is 7.08. The van der Waals surface area contributed by atoms with Crippen molar-refractivity contribution in [2.24, 2.45) is 29.6 Å². The Morgan fingerprint density at radius 1 is 1.28 bits per heavy atom. The highest BCUT2D eigenvalue weighted by Crippen LogP contribution is 2.51. The molecule has 2 aliphatic carbocycles. The van der Waals surface area contributed by atoms with E-state index in [9.17, 15) is 15.3 Å². The molecule has 0 amide bonds. The molecule has 0 unspecified atom stereocenters. The van der Waals surface area contributed by atoms with Crippen LogP contribution in [0.2, 0.25) is 0 Å². The Labute approximate surface area is 110 Å². The molecule has 0 aromatic rings. The minimum Gasteiger partial charge on any atom is -0.396 e. The summed E-state index contributed by atoms with van der Waals surface area (Å²) in [6, 6.07) is 0. The molecule has 106 valence electrons. The highest BCUT2D eigenvalue weighted by molar-refractivity contribution is 5.02. The molecule has 0 radical (unpaired) electrons. The van der Waals surface area contributed by atoms with E-state index in [4.69, 9.17) is 0 Å². The average molecular weight is 256 g/mol. The third-order valence-electron chi connectivity index (χ3n) is 5.42. The largest absolute Gasteiger partial charge is 0.396 e. The van der Waals surface area contributed by atoms with Crippen molar-refractivity contribution in [1.29, 1.82) is 0 Å². The lowest BCUT2D eigenvalue weighted by molar-refractivity contribution is -0.161. The Morgan fingerprint density at radius 3 is 2.50 bits per heavy atom. The number of aliphatic hydroxyl groups is 3. The van der Waals surface area contributed by atoms with E-state index in [0.717, 1.165) is 19.3 Å². The zero-order valence-corrected chi connectivity index (χ0v) is 11.8. The van der Waals surface area contributed by atoms with Crippen LogP contribution < -0.4 is 0 Å². The first-order valence-electron chi connectivity index (χ1n) is 7.38. The SMILES string of the molecule is CC(C)[C@H]1CC[C@](C)(O)[C@@H]2[C@@H]1C[C@H](CO)C[C@@H]2O. The van der Waals surface area contributed by atoms with Gasteiger partial charge >= 0.3 is 0 Å². The molecule has 2 aliphatic rings. The quantitative estimate of drug-likeness (QED) is 0.706. The number of hydrogen-bond donors (Lipinski definition) is 3. The van der Waals surface area contributed by atoms with Gasteiger partial charge in [-0.3, -0.25) is 0 Å². The van der Waals surface area contributed by atoms with E-state index < -0.39 is 11.7 Å². The molecule has 0 aliphatic heterocycles. The first-order valence-corrected chi connectivity index (χ1v) is 7.38. The van der Waals surface area contributed by atoms with Crippen LogP contribution in [-0.4, -0.2) is 33.6 Å². The van der Waals surface area contributed by atoms with E-state index >= 15 is 0 Å². The van der Waals surface area contributed by atoms with E-state index in [-0.39, 0.29) is 18.4 Å². The normalized spacial score (nSPS) is 49.2. The van der Waals surface area contributed by atoms with Crippen molar-refractivity contribution in [1.82, 2.24) is 0 Å². The Balaban J connectivity index is 2.24. The standard InChI is InChI=1S/C15H28O3/c1-9(2)11-4-5-15(3,18)14-12(11)6-10(8-16)7-13(14)17/h9-14,16-18H,4-8H2,1-3H3/t10-,11+,12+,13-,14+,15-/m0/s1. The van der Waals surface area contributed by atoms with E-state index in [2.05, 4.69) is 13.8 Å². The van der Waals surface area contributed by atoms with Gasteiger partial charge < -0.3 is 15.3 Å². The van der Waals surface area contributed by atoms with Crippen LogP contribution in [0.3, 0.4) is 0 Å². The van der Waals surface area contributed by atoms with Crippen LogP contribution in [0.25, 0.3) is 0 Å². The van der Waals surface area contributed by atoms with Gasteiger partial charge in [0, 0.05) is 12.5 Å². The second kappa shape index (κ2) is 5.10. The second-order valence-electron chi connectivity index (χ2n) is 7.08. The maximum absolute atomic E-state index is 10.6. The zero-order valence-electron chi connectivity index (χ0n) is 11.8. The monoisotopic (exact) mass is 256 g/mol. The van der Waals surface area contributed by atoms with E-state index in [1.54, 1.807) is 0 Å². The van der Waals surface area contributed by atoms with Crippen LogP contribution in [0.1, 0.15) is 46.5 Å². The third-order valence-corrected chi connectivity index (χ3v) is 5.42. The van der Waals surface area contributed by atoms with Gasteiger partial charge in [0.25, 0.3) is 0 Å². The summed E-state index contributed by atoms with van der Waals surface area (Å²) in [6.07, 6.45) is 2.96. The summed E-state index contributed by atoms with van der Waals surface area (Å²) in [5.41, 5.74) is -0.740. The fraction of sp³-hybridized carbons (Fsp3) is 1.00. The van der Waals surface area contributed by atoms with Gasteiger partial charge in [-0.25, -0.2) is 0 Å². The van der Waals surface area contributed by atoms with Crippen LogP contribution in [-0.2, 0) is 0 Å². The predicted molar refractivity (Wildman–Crippen MR) is 71.0 cm³/mol. The van der Waals surface area contributed by atoms with E-state index in [1.165, 1.54) is 0 Å². The van der Waals surface area contributed by atoms with Crippen LogP contribution in [0, 0.1) is 29.6 Å². The Hall–Kier alpha value is -0.120. The molecule has 0 heterocycles. The molecular weight excluding hydrogens is 228 g/mol. The van der Waals surface area contributed by atoms with Crippen molar-refractivity contribution in [3.05, 3.63) is 0 Å². The molecule has 2 fully saturated rings. The summed E-state index contributed by atoms with van der Waals surface area (Å²) in [5.74, 6) is 1.70. The van der Waals surface area contributed by atoms with E-state index in [0.29, 0.717) is 24.2 Å². The maximum atomic E-state index is 10.6. The van der Waals surface area contributed by atoms with Gasteiger partial charge in [-0.1, -0.05) is 13.8 Å². The van der Waals surface area contributed by atoms with Gasteiger partial charge in [-0.15, -0.1) is 0 Å². The molecule has 3 nitrogen and oxygen atoms in total. The lowest BCUT2D eigenvalue weighted by Gasteiger charge is -2.54. The predicted octanol–water partition coefficient (Wildman–Crippen LogP) is 1.80. The topological polar surface area (TPSA) is 60.7 Å². The highest BCUT2D eigenvalue weighted by Gasteiger charge is 2.52. The van der Waals surface area contributed by atoms with Crippen molar-refractivity contribution in [2.75, 3.05) is 6.61 Å². The summed E-state index contributed by atoms with van der Waals surface area (Å²) < 4.78 is 0. The molecule has 2 rings (SSSR count). The fourth-order valence-corrected chi connectivity index (χ4v) is 4.53. The van der Waals surface area contributed by atoms with Gasteiger partial charge in [0.1, 0.15) is 0 Å². The van der Waals surface area contributed by atoms with Crippen molar-refractivity contribution in [3.63, 3.8) is 0 Å². The summed E-state index contributed by atoms with van der Waals surface area (Å²) in [4.78, 5) is 0. The number of aliphatic hydroxyl groups excluding tert-OH is 2. The van der Waals surface area contributed by atoms with Crippen LogP contribution in [0.5, 0.6) is 0 Å². The number of fused-ring (bicyclic) bond motifs is 1. The highest BCUT2D eigenvalue weighted by atomic mass is 16.3. The average Bonchev–Trinajstić information content (AvgIpc) is 2.26. The Morgan fingerprint density at radius 2 is 1.94 bits per heavy atom. The third kappa shape index (κ3) is 2.45. The van der Waals surface area contributed by atoms with Gasteiger partial charge in [0.05, 0.1) is 11.7 Å². The molecule has 3 heteroatoms. The van der Waals surface area contributed by atoms with Crippen molar-refractivity contribution < 1.29 is 15.3 Å². The van der Waals surface area contributed by atoms with E-state index in [1.807, 2.05) is 6.92 Å². The first-order chi connectivity index (χ1) is 8.36. The Bertz CT molecular complexity index is 287. The van der Waals surface area contributed by atoms with Crippen molar-refractivity contribution in [3.8, 4) is 0 Å². The smallest absolute Gasteiger partial charge is 0.0675 e. The molecule has 6 atom stereocenters. The molecule has 0 spiro atoms. The van der Waals surface area contributed by atoms with Crippen LogP contribution >= 0.6 is 0 Å². The minimum absolute atomic E-state index is 0.0125. The van der Waals surface area contributed by atoms with Crippen LogP contribution in [0.15, 0.2) is 0 Å². The van der Waals surface area contributed by atoms with Gasteiger partial charge in [-0.05, 0) is 56.3 Å². The van der Waals surface area contributed by atoms with Crippen LogP contribution in [0.4, 0.5) is 0 Å². The zero-order chi connectivity index (χ0) is 13.5. The fourth-order valence-electron chi connectivity index (χ4n) is 4.53. The number of rotatable bonds is 2. The maximum Gasteiger partial charge on any atom is 0.0675 e. The molecule has 2 saturated carbocycles. The molecular formula is C15H28O3. The minimum atomic E-state index is -0.740. The molecule has 0 aromatic heterocycles. The summed E-state index contributed by atoms with van der Waals surface area (Å²) in [5, 5.41) is 30.3. The molecule has 0 saturated heterocycles. The molecule has 3 N–H and O–H groups in total. The molecule has 18 heavy (non-hydrogen) atoms. The Kier molecular flexibility index (Phi) is 4.05. The lowest BCUT2D eigenvalue weighted by Crippen LogP contribution is -2.56. The summed E-state index contributed by atoms with van der Waals surface area (Å²) >= 11 is 0. The van der Waals surface area contributed by atoms with Gasteiger partial charge in [0.15, 0.2) is 0 Å². The van der Waals surface area contributed by atoms with Crippen molar-refractivity contribution >= 4 is 0 Å². The summed E-state index contributed by atoms with van der Waals surface area (Å²) in [6.45, 7) is 6.50. The first kappa shape index (κ1) is 14.3. The van der Waals surface area contributed by atoms with Gasteiger partial charge in [-0.2, -0.15) is 0 Å². The molecule has 0 bridgehead atoms. The lowest BCUT2D eigenvalue weighted by atomic mass is 9.55.